The van der Waals surface area contributed by atoms with Crippen molar-refractivity contribution in [1.29, 1.82) is 0 Å². The van der Waals surface area contributed by atoms with E-state index in [9.17, 15) is 13.2 Å². The lowest BCUT2D eigenvalue weighted by Crippen LogP contribution is -2.07. The van der Waals surface area contributed by atoms with Crippen LogP contribution in [-0.4, -0.2) is 14.8 Å². The van der Waals surface area contributed by atoms with E-state index in [4.69, 9.17) is 5.73 Å². The highest BCUT2D eigenvalue weighted by molar-refractivity contribution is 5.31. The van der Waals surface area contributed by atoms with E-state index in [1.807, 2.05) is 0 Å². The van der Waals surface area contributed by atoms with Crippen LogP contribution in [0.2, 0.25) is 0 Å². The first-order valence-electron chi connectivity index (χ1n) is 4.78. The summed E-state index contributed by atoms with van der Waals surface area (Å²) in [6, 6.07) is 2.55. The molecule has 0 saturated carbocycles. The molecule has 0 amide bonds. The van der Waals surface area contributed by atoms with Gasteiger partial charge in [0, 0.05) is 18.9 Å². The highest BCUT2D eigenvalue weighted by Gasteiger charge is 2.33. The molecule has 7 heteroatoms. The maximum absolute atomic E-state index is 12.4. The minimum Gasteiger partial charge on any atom is -0.326 e. The number of halogens is 3. The van der Waals surface area contributed by atoms with Crippen molar-refractivity contribution in [2.24, 2.45) is 5.73 Å². The van der Waals surface area contributed by atoms with E-state index in [2.05, 4.69) is 10.1 Å². The van der Waals surface area contributed by atoms with Crippen molar-refractivity contribution in [1.82, 2.24) is 14.8 Å². The summed E-state index contributed by atoms with van der Waals surface area (Å²) in [5.74, 6) is 0. The van der Waals surface area contributed by atoms with Gasteiger partial charge in [-0.05, 0) is 17.7 Å². The Morgan fingerprint density at radius 1 is 1.29 bits per heavy atom. The van der Waals surface area contributed by atoms with Crippen LogP contribution in [0.1, 0.15) is 11.3 Å². The van der Waals surface area contributed by atoms with Gasteiger partial charge in [-0.3, -0.25) is 4.98 Å². The minimum atomic E-state index is -4.44. The number of pyridine rings is 1. The number of hydrogen-bond acceptors (Lipinski definition) is 3. The number of rotatable bonds is 2. The summed E-state index contributed by atoms with van der Waals surface area (Å²) in [6.45, 7) is 0.272. The van der Waals surface area contributed by atoms with Gasteiger partial charge in [-0.25, -0.2) is 4.68 Å². The molecule has 0 fully saturated rings. The molecular formula is C10H9F3N4. The van der Waals surface area contributed by atoms with Gasteiger partial charge in [-0.2, -0.15) is 18.3 Å². The van der Waals surface area contributed by atoms with Crippen molar-refractivity contribution in [3.8, 4) is 5.69 Å². The van der Waals surface area contributed by atoms with E-state index in [1.54, 1.807) is 12.3 Å². The second-order valence-corrected chi connectivity index (χ2v) is 3.40. The van der Waals surface area contributed by atoms with Gasteiger partial charge >= 0.3 is 6.18 Å². The molecule has 0 bridgehead atoms. The summed E-state index contributed by atoms with van der Waals surface area (Å²) in [6.07, 6.45) is -0.228. The average molecular weight is 242 g/mol. The Morgan fingerprint density at radius 3 is 2.65 bits per heavy atom. The molecule has 0 aromatic carbocycles. The second-order valence-electron chi connectivity index (χ2n) is 3.40. The van der Waals surface area contributed by atoms with Crippen molar-refractivity contribution < 1.29 is 13.2 Å². The van der Waals surface area contributed by atoms with E-state index < -0.39 is 11.9 Å². The zero-order chi connectivity index (χ0) is 12.5. The molecule has 0 saturated heterocycles. The van der Waals surface area contributed by atoms with Crippen LogP contribution in [0.5, 0.6) is 0 Å². The zero-order valence-corrected chi connectivity index (χ0v) is 8.65. The van der Waals surface area contributed by atoms with E-state index >= 15 is 0 Å². The molecule has 0 aliphatic rings. The lowest BCUT2D eigenvalue weighted by atomic mass is 10.3. The Labute approximate surface area is 94.9 Å². The molecule has 2 aromatic rings. The van der Waals surface area contributed by atoms with E-state index in [-0.39, 0.29) is 6.54 Å². The van der Waals surface area contributed by atoms with Gasteiger partial charge in [0.1, 0.15) is 0 Å². The maximum Gasteiger partial charge on any atom is 0.435 e. The van der Waals surface area contributed by atoms with Crippen molar-refractivity contribution in [3.63, 3.8) is 0 Å². The first kappa shape index (κ1) is 11.6. The molecule has 0 spiro atoms. The lowest BCUT2D eigenvalue weighted by Gasteiger charge is -2.04. The standard InChI is InChI=1S/C10H9F3N4/c11-10(12,13)9-1-2-17(16-9)8-3-7(4-14)5-15-6-8/h1-3,5-6H,4,14H2. The number of nitrogens with two attached hydrogens (primary N) is 1. The first-order chi connectivity index (χ1) is 8.00. The Kier molecular flexibility index (Phi) is 2.84. The molecule has 2 N–H and O–H groups in total. The van der Waals surface area contributed by atoms with E-state index in [1.165, 1.54) is 12.4 Å². The molecule has 0 aliphatic heterocycles. The largest absolute Gasteiger partial charge is 0.435 e. The SMILES string of the molecule is NCc1cncc(-n2ccc(C(F)(F)F)n2)c1. The topological polar surface area (TPSA) is 56.7 Å². The van der Waals surface area contributed by atoms with Crippen LogP contribution in [-0.2, 0) is 12.7 Å². The van der Waals surface area contributed by atoms with Crippen LogP contribution in [0.15, 0.2) is 30.7 Å². The summed E-state index contributed by atoms with van der Waals surface area (Å²) < 4.78 is 38.2. The van der Waals surface area contributed by atoms with Crippen LogP contribution in [0.25, 0.3) is 5.69 Å². The van der Waals surface area contributed by atoms with Gasteiger partial charge in [0.2, 0.25) is 0 Å². The molecule has 0 radical (unpaired) electrons. The molecule has 0 aliphatic carbocycles. The number of aromatic nitrogens is 3. The van der Waals surface area contributed by atoms with Gasteiger partial charge in [-0.1, -0.05) is 0 Å². The predicted molar refractivity (Wildman–Crippen MR) is 54.3 cm³/mol. The summed E-state index contributed by atoms with van der Waals surface area (Å²) in [5, 5.41) is 3.44. The fraction of sp³-hybridized carbons (Fsp3) is 0.200. The van der Waals surface area contributed by atoms with E-state index in [0.29, 0.717) is 5.69 Å². The maximum atomic E-state index is 12.4. The summed E-state index contributed by atoms with van der Waals surface area (Å²) >= 11 is 0. The van der Waals surface area contributed by atoms with Crippen molar-refractivity contribution in [2.75, 3.05) is 0 Å². The highest BCUT2D eigenvalue weighted by atomic mass is 19.4. The molecule has 2 aromatic heterocycles. The molecular weight excluding hydrogens is 233 g/mol. The number of alkyl halides is 3. The summed E-state index contributed by atoms with van der Waals surface area (Å²) in [5.41, 5.74) is 5.66. The summed E-state index contributed by atoms with van der Waals surface area (Å²) in [4.78, 5) is 3.88. The van der Waals surface area contributed by atoms with Crippen LogP contribution in [0, 0.1) is 0 Å². The molecule has 90 valence electrons. The predicted octanol–water partition coefficient (Wildman–Crippen LogP) is 1.74. The monoisotopic (exact) mass is 242 g/mol. The fourth-order valence-corrected chi connectivity index (χ4v) is 1.33. The smallest absolute Gasteiger partial charge is 0.326 e. The highest BCUT2D eigenvalue weighted by Crippen LogP contribution is 2.27. The van der Waals surface area contributed by atoms with Gasteiger partial charge in [0.15, 0.2) is 5.69 Å². The number of nitrogens with zero attached hydrogens (tertiary/aromatic N) is 3. The van der Waals surface area contributed by atoms with Crippen LogP contribution in [0.4, 0.5) is 13.2 Å². The second kappa shape index (κ2) is 4.17. The Morgan fingerprint density at radius 2 is 2.06 bits per heavy atom. The molecule has 0 unspecified atom stereocenters. The molecule has 2 rings (SSSR count). The van der Waals surface area contributed by atoms with Crippen LogP contribution < -0.4 is 5.73 Å². The molecule has 4 nitrogen and oxygen atoms in total. The molecule has 17 heavy (non-hydrogen) atoms. The quantitative estimate of drug-likeness (QED) is 0.872. The Bertz CT molecular complexity index is 518. The number of hydrogen-bond donors (Lipinski definition) is 1. The van der Waals surface area contributed by atoms with Crippen LogP contribution >= 0.6 is 0 Å². The van der Waals surface area contributed by atoms with Crippen molar-refractivity contribution >= 4 is 0 Å². The third kappa shape index (κ3) is 2.44. The first-order valence-corrected chi connectivity index (χ1v) is 4.78. The Hall–Kier alpha value is -1.89. The third-order valence-electron chi connectivity index (χ3n) is 2.16. The third-order valence-corrected chi connectivity index (χ3v) is 2.16. The zero-order valence-electron chi connectivity index (χ0n) is 8.65. The van der Waals surface area contributed by atoms with Crippen LogP contribution in [0.3, 0.4) is 0 Å². The minimum absolute atomic E-state index is 0.272. The molecule has 0 atom stereocenters. The Balaban J connectivity index is 2.37. The van der Waals surface area contributed by atoms with Gasteiger partial charge in [-0.15, -0.1) is 0 Å². The van der Waals surface area contributed by atoms with E-state index in [0.717, 1.165) is 16.3 Å². The van der Waals surface area contributed by atoms with Gasteiger partial charge < -0.3 is 5.73 Å². The van der Waals surface area contributed by atoms with Gasteiger partial charge in [0.05, 0.1) is 11.9 Å². The van der Waals surface area contributed by atoms with Crippen molar-refractivity contribution in [3.05, 3.63) is 42.0 Å². The fourth-order valence-electron chi connectivity index (χ4n) is 1.33. The molecule has 2 heterocycles. The summed E-state index contributed by atoms with van der Waals surface area (Å²) in [7, 11) is 0. The van der Waals surface area contributed by atoms with Crippen molar-refractivity contribution in [2.45, 2.75) is 12.7 Å². The lowest BCUT2D eigenvalue weighted by molar-refractivity contribution is -0.141. The average Bonchev–Trinajstić information content (AvgIpc) is 2.78. The normalized spacial score (nSPS) is 11.8. The van der Waals surface area contributed by atoms with Gasteiger partial charge in [0.25, 0.3) is 0 Å².